The molecule has 1 amide bonds. The van der Waals surface area contributed by atoms with Crippen molar-refractivity contribution < 1.29 is 13.2 Å². The minimum Gasteiger partial charge on any atom is -0.268 e. The molecule has 2 aromatic rings. The van der Waals surface area contributed by atoms with Crippen LogP contribution in [0.3, 0.4) is 0 Å². The molecule has 8 heteroatoms. The highest BCUT2D eigenvalue weighted by Gasteiger charge is 2.16. The summed E-state index contributed by atoms with van der Waals surface area (Å²) in [6.45, 7) is 0. The Morgan fingerprint density at radius 2 is 1.57 bits per heavy atom. The third kappa shape index (κ3) is 5.25. The van der Waals surface area contributed by atoms with Gasteiger partial charge in [0, 0.05) is 10.0 Å². The van der Waals surface area contributed by atoms with Crippen molar-refractivity contribution in [2.45, 2.75) is 0 Å². The van der Waals surface area contributed by atoms with Gasteiger partial charge in [-0.3, -0.25) is 4.79 Å². The van der Waals surface area contributed by atoms with Crippen LogP contribution < -0.4 is 4.72 Å². The Morgan fingerprint density at radius 3 is 2.17 bits per heavy atom. The molecule has 0 unspecified atom stereocenters. The zero-order valence-corrected chi connectivity index (χ0v) is 14.5. The van der Waals surface area contributed by atoms with E-state index in [9.17, 15) is 13.2 Å². The highest BCUT2D eigenvalue weighted by molar-refractivity contribution is 7.93. The van der Waals surface area contributed by atoms with Crippen molar-refractivity contribution in [1.29, 1.82) is 0 Å². The molecule has 0 aliphatic rings. The number of benzene rings is 2. The van der Waals surface area contributed by atoms with Gasteiger partial charge in [-0.05, 0) is 42.0 Å². The molecular weight excluding hydrogens is 381 g/mol. The molecule has 4 nitrogen and oxygen atoms in total. The van der Waals surface area contributed by atoms with Gasteiger partial charge in [0.25, 0.3) is 15.9 Å². The van der Waals surface area contributed by atoms with E-state index in [2.05, 4.69) is 0 Å². The van der Waals surface area contributed by atoms with Crippen molar-refractivity contribution in [1.82, 2.24) is 4.72 Å². The summed E-state index contributed by atoms with van der Waals surface area (Å²) in [7, 11) is -3.97. The number of amides is 1. The van der Waals surface area contributed by atoms with Gasteiger partial charge < -0.3 is 0 Å². The molecule has 120 valence electrons. The molecule has 0 bridgehead atoms. The summed E-state index contributed by atoms with van der Waals surface area (Å²) in [6.07, 6.45) is 1.34. The number of carbonyl (C=O) groups is 1. The molecule has 0 aliphatic heterocycles. The lowest BCUT2D eigenvalue weighted by Crippen LogP contribution is -2.29. The summed E-state index contributed by atoms with van der Waals surface area (Å²) in [5.74, 6) is -0.840. The molecule has 2 rings (SSSR count). The first kappa shape index (κ1) is 17.8. The summed E-state index contributed by atoms with van der Waals surface area (Å²) in [5.41, 5.74) is 0.635. The monoisotopic (exact) mass is 389 g/mol. The van der Waals surface area contributed by atoms with Crippen LogP contribution in [0.5, 0.6) is 0 Å². The highest BCUT2D eigenvalue weighted by atomic mass is 35.5. The molecule has 0 saturated heterocycles. The molecule has 0 fully saturated rings. The Hall–Kier alpha value is -1.53. The van der Waals surface area contributed by atoms with Gasteiger partial charge in [0.1, 0.15) is 0 Å². The van der Waals surface area contributed by atoms with Crippen LogP contribution in [-0.4, -0.2) is 14.3 Å². The Labute approximate surface area is 148 Å². The van der Waals surface area contributed by atoms with Gasteiger partial charge in [-0.1, -0.05) is 46.9 Å². The average Bonchev–Trinajstić information content (AvgIpc) is 2.46. The summed E-state index contributed by atoms with van der Waals surface area (Å²) < 4.78 is 25.7. The second-order valence-corrected chi connectivity index (χ2v) is 7.30. The molecule has 23 heavy (non-hydrogen) atoms. The van der Waals surface area contributed by atoms with Gasteiger partial charge >= 0.3 is 0 Å². The first-order valence-corrected chi connectivity index (χ1v) is 8.91. The molecule has 0 aliphatic carbocycles. The lowest BCUT2D eigenvalue weighted by molar-refractivity contribution is 0.0982. The van der Waals surface area contributed by atoms with E-state index in [1.54, 1.807) is 24.3 Å². The first-order chi connectivity index (χ1) is 10.8. The van der Waals surface area contributed by atoms with E-state index in [1.807, 2.05) is 4.72 Å². The second-order valence-electron chi connectivity index (χ2n) is 4.45. The lowest BCUT2D eigenvalue weighted by Gasteiger charge is -2.05. The Morgan fingerprint density at radius 1 is 0.957 bits per heavy atom. The molecule has 0 atom stereocenters. The van der Waals surface area contributed by atoms with E-state index in [-0.39, 0.29) is 10.6 Å². The van der Waals surface area contributed by atoms with E-state index in [4.69, 9.17) is 34.8 Å². The predicted octanol–water partition coefficient (Wildman–Crippen LogP) is 4.38. The van der Waals surface area contributed by atoms with E-state index < -0.39 is 15.9 Å². The van der Waals surface area contributed by atoms with Gasteiger partial charge in [-0.2, -0.15) is 0 Å². The Bertz CT molecular complexity index is 862. The second kappa shape index (κ2) is 7.36. The van der Waals surface area contributed by atoms with Crippen molar-refractivity contribution >= 4 is 56.8 Å². The Balaban J connectivity index is 2.14. The predicted molar refractivity (Wildman–Crippen MR) is 93.3 cm³/mol. The maximum atomic E-state index is 12.0. The van der Waals surface area contributed by atoms with Crippen LogP contribution in [0, 0.1) is 0 Å². The summed E-state index contributed by atoms with van der Waals surface area (Å²) in [4.78, 5) is 12.0. The molecular formula is C15H10Cl3NO3S. The average molecular weight is 391 g/mol. The van der Waals surface area contributed by atoms with Crippen LogP contribution in [0.2, 0.25) is 15.1 Å². The number of sulfonamides is 1. The van der Waals surface area contributed by atoms with Crippen LogP contribution in [-0.2, 0) is 10.0 Å². The minimum atomic E-state index is -3.97. The van der Waals surface area contributed by atoms with E-state index in [0.717, 1.165) is 5.41 Å². The van der Waals surface area contributed by atoms with Gasteiger partial charge in [0.15, 0.2) is 0 Å². The van der Waals surface area contributed by atoms with Crippen molar-refractivity contribution in [3.63, 3.8) is 0 Å². The molecule has 0 aromatic heterocycles. The maximum Gasteiger partial charge on any atom is 0.266 e. The summed E-state index contributed by atoms with van der Waals surface area (Å²) in [5, 5.41) is 1.83. The van der Waals surface area contributed by atoms with Crippen molar-refractivity contribution in [2.24, 2.45) is 0 Å². The fourth-order valence-electron chi connectivity index (χ4n) is 1.63. The van der Waals surface area contributed by atoms with E-state index >= 15 is 0 Å². The smallest absolute Gasteiger partial charge is 0.266 e. The summed E-state index contributed by atoms with van der Waals surface area (Å²) in [6, 6.07) is 10.7. The molecule has 0 spiro atoms. The number of nitrogens with one attached hydrogen (secondary N) is 1. The number of hydrogen-bond donors (Lipinski definition) is 1. The SMILES string of the molecule is O=C(NS(=O)(=O)/C=C/c1ccc(Cl)cc1)c1ccc(Cl)cc1Cl. The van der Waals surface area contributed by atoms with E-state index in [1.165, 1.54) is 24.3 Å². The van der Waals surface area contributed by atoms with Gasteiger partial charge in [0.2, 0.25) is 0 Å². The van der Waals surface area contributed by atoms with Gasteiger partial charge in [0.05, 0.1) is 16.0 Å². The zero-order chi connectivity index (χ0) is 17.0. The van der Waals surface area contributed by atoms with E-state index in [0.29, 0.717) is 15.6 Å². The van der Waals surface area contributed by atoms with Crippen molar-refractivity contribution in [2.75, 3.05) is 0 Å². The molecule has 0 saturated carbocycles. The quantitative estimate of drug-likeness (QED) is 0.842. The largest absolute Gasteiger partial charge is 0.268 e. The fraction of sp³-hybridized carbons (Fsp3) is 0. The fourth-order valence-corrected chi connectivity index (χ4v) is 3.03. The van der Waals surface area contributed by atoms with Crippen LogP contribution in [0.4, 0.5) is 0 Å². The molecule has 0 heterocycles. The lowest BCUT2D eigenvalue weighted by atomic mass is 10.2. The molecule has 0 radical (unpaired) electrons. The Kier molecular flexibility index (Phi) is 5.70. The minimum absolute atomic E-state index is 0.0135. The summed E-state index contributed by atoms with van der Waals surface area (Å²) >= 11 is 17.3. The molecule has 2 aromatic carbocycles. The van der Waals surface area contributed by atoms with Crippen LogP contribution in [0.15, 0.2) is 47.9 Å². The maximum absolute atomic E-state index is 12.0. The van der Waals surface area contributed by atoms with Crippen LogP contribution >= 0.6 is 34.8 Å². The van der Waals surface area contributed by atoms with Gasteiger partial charge in [-0.15, -0.1) is 0 Å². The number of carbonyl (C=O) groups excluding carboxylic acids is 1. The first-order valence-electron chi connectivity index (χ1n) is 6.23. The third-order valence-corrected chi connectivity index (χ3v) is 4.48. The van der Waals surface area contributed by atoms with Gasteiger partial charge in [-0.25, -0.2) is 13.1 Å². The van der Waals surface area contributed by atoms with Crippen molar-refractivity contribution in [3.8, 4) is 0 Å². The third-order valence-electron chi connectivity index (χ3n) is 2.72. The highest BCUT2D eigenvalue weighted by Crippen LogP contribution is 2.21. The number of hydrogen-bond acceptors (Lipinski definition) is 3. The van der Waals surface area contributed by atoms with Crippen molar-refractivity contribution in [3.05, 3.63) is 74.1 Å². The molecule has 1 N–H and O–H groups in total. The van der Waals surface area contributed by atoms with Crippen LogP contribution in [0.25, 0.3) is 6.08 Å². The number of halogens is 3. The zero-order valence-electron chi connectivity index (χ0n) is 11.5. The normalized spacial score (nSPS) is 11.6. The topological polar surface area (TPSA) is 63.2 Å². The van der Waals surface area contributed by atoms with Crippen LogP contribution in [0.1, 0.15) is 15.9 Å². The number of rotatable bonds is 4. The standard InChI is InChI=1S/C15H10Cl3NO3S/c16-11-3-1-10(2-4-11)7-8-23(21,22)19-15(20)13-6-5-12(17)9-14(13)18/h1-9H,(H,19,20)/b8-7+.